The Morgan fingerprint density at radius 2 is 1.44 bits per heavy atom. The molecule has 2 unspecified atom stereocenters. The Bertz CT molecular complexity index is 1540. The molecular weight excluding hydrogens is 724 g/mol. The molecule has 18 nitrogen and oxygen atoms in total. The number of rotatable bonds is 18. The number of aromatic nitrogens is 1. The maximum Gasteiger partial charge on any atom is 0.406 e. The first-order valence-corrected chi connectivity index (χ1v) is 20.2. The van der Waals surface area contributed by atoms with Crippen LogP contribution in [0.5, 0.6) is 0 Å². The number of hydrogen-bond acceptors (Lipinski definition) is 14. The predicted octanol–water partition coefficient (Wildman–Crippen LogP) is 2.01. The average molecular weight is 776 g/mol. The van der Waals surface area contributed by atoms with Crippen LogP contribution in [0.15, 0.2) is 18.3 Å². The van der Waals surface area contributed by atoms with E-state index in [0.717, 1.165) is 5.56 Å². The molecule has 2 aliphatic heterocycles. The Labute approximate surface area is 303 Å². The topological polar surface area (TPSA) is 236 Å². The molecule has 4 atom stereocenters. The number of esters is 3. The number of carbonyl (C=O) groups excluding carboxylic acids is 5. The highest BCUT2D eigenvalue weighted by Crippen LogP contribution is 2.54. The Hall–Kier alpha value is -3.24. The molecule has 0 radical (unpaired) electrons. The van der Waals surface area contributed by atoms with Crippen LogP contribution in [0.25, 0.3) is 0 Å². The number of nitrogens with one attached hydrogen (secondary N) is 4. The summed E-state index contributed by atoms with van der Waals surface area (Å²) in [6, 6.07) is 3.47. The van der Waals surface area contributed by atoms with Crippen LogP contribution in [0.3, 0.4) is 0 Å². The molecule has 0 saturated carbocycles. The highest BCUT2D eigenvalue weighted by atomic mass is 31.2. The normalized spacial score (nSPS) is 25.0. The number of nitrogens with zero attached hydrogens (tertiary/aromatic N) is 1. The summed E-state index contributed by atoms with van der Waals surface area (Å²) in [6.45, 7) is 7.37. The lowest BCUT2D eigenvalue weighted by atomic mass is 9.80. The molecule has 0 aromatic carbocycles. The van der Waals surface area contributed by atoms with Gasteiger partial charge in [0.15, 0.2) is 6.10 Å². The highest BCUT2D eigenvalue weighted by molar-refractivity contribution is 7.57. The van der Waals surface area contributed by atoms with Crippen LogP contribution >= 0.6 is 15.3 Å². The van der Waals surface area contributed by atoms with Gasteiger partial charge < -0.3 is 29.4 Å². The third kappa shape index (κ3) is 13.3. The Kier molecular flexibility index (Phi) is 15.9. The second kappa shape index (κ2) is 19.2. The van der Waals surface area contributed by atoms with Gasteiger partial charge in [0.2, 0.25) is 11.8 Å². The standard InChI is InChI=1S/C32H51N5O13P2/c1-31(2)20-48-51(43,36-16-11-26(39)46-6)19-24(31)29(41)34-14-10-27(40)47-18-23-17-22(7-12-33-23)8-15-37-52(44)49-21-32(3,4)28(50-52)30(42)35-13-9-25(38)45-5/h7,12,17,24,28H,8-11,13-16,18-21H2,1-6H3,(H,34,41)(H,35,42)(H,36,43)(H,37,44)/t24-,28-,51?,52?/m0/s1. The van der Waals surface area contributed by atoms with Gasteiger partial charge in [-0.25, -0.2) is 14.7 Å². The quantitative estimate of drug-likeness (QED) is 0.0948. The van der Waals surface area contributed by atoms with E-state index in [-0.39, 0.29) is 77.3 Å². The van der Waals surface area contributed by atoms with Gasteiger partial charge in [0.05, 0.1) is 64.5 Å². The summed E-state index contributed by atoms with van der Waals surface area (Å²) in [6.07, 6.45) is 0.643. The lowest BCUT2D eigenvalue weighted by molar-refractivity contribution is -0.145. The van der Waals surface area contributed by atoms with Crippen LogP contribution in [-0.2, 0) is 73.9 Å². The number of hydrogen-bond donors (Lipinski definition) is 4. The van der Waals surface area contributed by atoms with Crippen molar-refractivity contribution < 1.29 is 60.9 Å². The summed E-state index contributed by atoms with van der Waals surface area (Å²) in [7, 11) is -4.71. The molecule has 3 rings (SSSR count). The largest absolute Gasteiger partial charge is 0.469 e. The summed E-state index contributed by atoms with van der Waals surface area (Å²) in [5, 5.41) is 10.9. The van der Waals surface area contributed by atoms with Gasteiger partial charge in [0, 0.05) is 43.2 Å². The summed E-state index contributed by atoms with van der Waals surface area (Å²) >= 11 is 0. The zero-order chi connectivity index (χ0) is 38.6. The van der Waals surface area contributed by atoms with Crippen molar-refractivity contribution in [3.63, 3.8) is 0 Å². The van der Waals surface area contributed by atoms with Crippen molar-refractivity contribution >= 4 is 45.0 Å². The van der Waals surface area contributed by atoms with Gasteiger partial charge >= 0.3 is 25.7 Å². The molecule has 1 aromatic heterocycles. The van der Waals surface area contributed by atoms with E-state index in [1.54, 1.807) is 32.2 Å². The van der Waals surface area contributed by atoms with E-state index < -0.39 is 61.9 Å². The Balaban J connectivity index is 1.42. The molecule has 3 heterocycles. The van der Waals surface area contributed by atoms with Gasteiger partial charge in [-0.1, -0.05) is 27.7 Å². The van der Waals surface area contributed by atoms with Gasteiger partial charge in [0.1, 0.15) is 6.61 Å². The second-order valence-corrected chi connectivity index (χ2v) is 17.8. The zero-order valence-corrected chi connectivity index (χ0v) is 32.3. The van der Waals surface area contributed by atoms with Gasteiger partial charge in [-0.3, -0.25) is 42.6 Å². The van der Waals surface area contributed by atoms with Crippen molar-refractivity contribution in [2.75, 3.05) is 59.8 Å². The van der Waals surface area contributed by atoms with Crippen molar-refractivity contribution in [2.45, 2.75) is 66.1 Å². The van der Waals surface area contributed by atoms with E-state index in [1.165, 1.54) is 14.2 Å². The van der Waals surface area contributed by atoms with Crippen molar-refractivity contribution in [3.8, 4) is 0 Å². The first-order valence-electron chi connectivity index (χ1n) is 16.9. The maximum atomic E-state index is 13.3. The Morgan fingerprint density at radius 1 is 0.827 bits per heavy atom. The van der Waals surface area contributed by atoms with E-state index in [4.69, 9.17) is 18.3 Å². The number of carbonyl (C=O) groups is 5. The van der Waals surface area contributed by atoms with E-state index in [1.807, 2.05) is 13.8 Å². The molecule has 2 fully saturated rings. The summed E-state index contributed by atoms with van der Waals surface area (Å²) in [5.74, 6) is -3.06. The van der Waals surface area contributed by atoms with E-state index in [2.05, 4.69) is 35.3 Å². The van der Waals surface area contributed by atoms with Crippen molar-refractivity contribution in [3.05, 3.63) is 29.6 Å². The lowest BCUT2D eigenvalue weighted by Gasteiger charge is -2.40. The van der Waals surface area contributed by atoms with Crippen LogP contribution in [0.4, 0.5) is 0 Å². The molecular formula is C32H51N5O13P2. The second-order valence-electron chi connectivity index (χ2n) is 13.8. The summed E-state index contributed by atoms with van der Waals surface area (Å²) in [4.78, 5) is 65.3. The molecule has 20 heteroatoms. The molecule has 0 bridgehead atoms. The van der Waals surface area contributed by atoms with Crippen molar-refractivity contribution in [2.24, 2.45) is 16.7 Å². The molecule has 2 saturated heterocycles. The third-order valence-corrected chi connectivity index (χ3v) is 12.2. The third-order valence-electron chi connectivity index (χ3n) is 8.50. The van der Waals surface area contributed by atoms with Crippen LogP contribution in [0.1, 0.15) is 58.2 Å². The van der Waals surface area contributed by atoms with Gasteiger partial charge in [0.25, 0.3) is 7.52 Å². The minimum atomic E-state index is -3.84. The first kappa shape index (κ1) is 43.2. The van der Waals surface area contributed by atoms with Crippen LogP contribution < -0.4 is 20.8 Å². The van der Waals surface area contributed by atoms with Crippen LogP contribution in [-0.4, -0.2) is 101 Å². The van der Waals surface area contributed by atoms with Crippen LogP contribution in [0, 0.1) is 16.7 Å². The molecule has 0 spiro atoms. The minimum absolute atomic E-state index is 0.00169. The van der Waals surface area contributed by atoms with Crippen LogP contribution in [0.2, 0.25) is 0 Å². The van der Waals surface area contributed by atoms with E-state index >= 15 is 0 Å². The van der Waals surface area contributed by atoms with Gasteiger partial charge in [-0.05, 0) is 24.1 Å². The van der Waals surface area contributed by atoms with Gasteiger partial charge in [-0.15, -0.1) is 0 Å². The van der Waals surface area contributed by atoms with E-state index in [0.29, 0.717) is 12.1 Å². The minimum Gasteiger partial charge on any atom is -0.469 e. The molecule has 2 aliphatic rings. The number of pyridine rings is 1. The van der Waals surface area contributed by atoms with Gasteiger partial charge in [-0.2, -0.15) is 0 Å². The number of ether oxygens (including phenoxy) is 3. The van der Waals surface area contributed by atoms with Crippen molar-refractivity contribution in [1.29, 1.82) is 0 Å². The SMILES string of the molecule is COC(=O)CCNC(=O)[C@@H]1OP(=O)(NCCc2ccnc(COC(=O)CCNC(=O)[C@@H]3CP(=O)(NCCC(=O)OC)OCC3(C)C)c2)OCC1(C)C. The first-order chi connectivity index (χ1) is 24.4. The summed E-state index contributed by atoms with van der Waals surface area (Å²) in [5.41, 5.74) is -0.145. The highest BCUT2D eigenvalue weighted by Gasteiger charge is 2.48. The zero-order valence-electron chi connectivity index (χ0n) is 30.5. The molecule has 52 heavy (non-hydrogen) atoms. The fourth-order valence-corrected chi connectivity index (χ4v) is 9.47. The lowest BCUT2D eigenvalue weighted by Crippen LogP contribution is -2.50. The molecule has 2 amide bonds. The predicted molar refractivity (Wildman–Crippen MR) is 186 cm³/mol. The maximum absolute atomic E-state index is 13.3. The average Bonchev–Trinajstić information content (AvgIpc) is 3.09. The fraction of sp³-hybridized carbons (Fsp3) is 0.688. The Morgan fingerprint density at radius 3 is 2.12 bits per heavy atom. The fourth-order valence-electron chi connectivity index (χ4n) is 5.23. The molecule has 292 valence electrons. The molecule has 4 N–H and O–H groups in total. The molecule has 0 aliphatic carbocycles. The number of methoxy groups -OCH3 is 2. The number of amides is 2. The summed E-state index contributed by atoms with van der Waals surface area (Å²) < 4.78 is 57.7. The van der Waals surface area contributed by atoms with E-state index in [9.17, 15) is 33.1 Å². The molecule has 1 aromatic rings. The monoisotopic (exact) mass is 775 g/mol. The smallest absolute Gasteiger partial charge is 0.406 e. The van der Waals surface area contributed by atoms with Crippen molar-refractivity contribution in [1.82, 2.24) is 25.8 Å².